The van der Waals surface area contributed by atoms with Crippen LogP contribution < -0.4 is 14.8 Å². The summed E-state index contributed by atoms with van der Waals surface area (Å²) in [6.45, 7) is 1.97. The Bertz CT molecular complexity index is 1180. The number of ether oxygens (including phenoxy) is 2. The molecule has 0 aliphatic carbocycles. The number of hydrogen-bond acceptors (Lipinski definition) is 6. The summed E-state index contributed by atoms with van der Waals surface area (Å²) in [5.41, 5.74) is 3.02. The number of aryl methyl sites for hydroxylation is 1. The second-order valence-corrected chi connectivity index (χ2v) is 7.66. The molecular weight excluding hydrogens is 400 g/mol. The average molecular weight is 420 g/mol. The molecule has 8 heteroatoms. The zero-order valence-electron chi connectivity index (χ0n) is 16.7. The van der Waals surface area contributed by atoms with Gasteiger partial charge in [0, 0.05) is 16.6 Å². The Kier molecular flexibility index (Phi) is 5.49. The minimum absolute atomic E-state index is 0.259. The third-order valence-electron chi connectivity index (χ3n) is 4.54. The maximum absolute atomic E-state index is 12.7. The van der Waals surface area contributed by atoms with Gasteiger partial charge in [0.05, 0.1) is 37.4 Å². The lowest BCUT2D eigenvalue weighted by atomic mass is 10.1. The number of benzene rings is 2. The van der Waals surface area contributed by atoms with Gasteiger partial charge in [-0.1, -0.05) is 18.2 Å². The van der Waals surface area contributed by atoms with E-state index in [0.29, 0.717) is 22.2 Å². The highest BCUT2D eigenvalue weighted by atomic mass is 32.1. The first-order valence-electron chi connectivity index (χ1n) is 9.20. The summed E-state index contributed by atoms with van der Waals surface area (Å²) in [6, 6.07) is 15.2. The molecule has 0 aliphatic rings. The van der Waals surface area contributed by atoms with Crippen LogP contribution in [-0.2, 0) is 0 Å². The summed E-state index contributed by atoms with van der Waals surface area (Å²) in [6.07, 6.45) is 3.23. The monoisotopic (exact) mass is 420 g/mol. The number of thiazole rings is 1. The Morgan fingerprint density at radius 1 is 1.07 bits per heavy atom. The van der Waals surface area contributed by atoms with E-state index < -0.39 is 0 Å². The van der Waals surface area contributed by atoms with Crippen molar-refractivity contribution in [3.63, 3.8) is 0 Å². The van der Waals surface area contributed by atoms with Crippen molar-refractivity contribution < 1.29 is 14.3 Å². The number of hydrogen-bond donors (Lipinski definition) is 1. The molecule has 152 valence electrons. The van der Waals surface area contributed by atoms with Gasteiger partial charge in [0.2, 0.25) is 0 Å². The van der Waals surface area contributed by atoms with Crippen LogP contribution >= 0.6 is 11.3 Å². The second kappa shape index (κ2) is 8.38. The van der Waals surface area contributed by atoms with E-state index in [4.69, 9.17) is 9.47 Å². The summed E-state index contributed by atoms with van der Waals surface area (Å²) in [4.78, 5) is 18.3. The highest BCUT2D eigenvalue weighted by Gasteiger charge is 2.16. The molecule has 0 radical (unpaired) electrons. The van der Waals surface area contributed by atoms with Gasteiger partial charge < -0.3 is 9.47 Å². The van der Waals surface area contributed by atoms with Crippen LogP contribution in [0.25, 0.3) is 16.9 Å². The Balaban J connectivity index is 1.54. The Hall–Kier alpha value is -3.65. The van der Waals surface area contributed by atoms with Crippen LogP contribution in [0, 0.1) is 6.92 Å². The molecule has 0 atom stereocenters. The summed E-state index contributed by atoms with van der Waals surface area (Å²) in [5.74, 6) is 1.02. The molecule has 1 N–H and O–H groups in total. The molecule has 4 aromatic rings. The van der Waals surface area contributed by atoms with Crippen molar-refractivity contribution in [2.45, 2.75) is 6.92 Å². The van der Waals surface area contributed by atoms with E-state index in [1.807, 2.05) is 55.5 Å². The molecule has 2 heterocycles. The number of amides is 1. The average Bonchev–Trinajstić information content (AvgIpc) is 3.41. The van der Waals surface area contributed by atoms with E-state index in [0.717, 1.165) is 21.8 Å². The molecule has 2 aromatic heterocycles. The van der Waals surface area contributed by atoms with E-state index in [2.05, 4.69) is 15.4 Å². The van der Waals surface area contributed by atoms with Gasteiger partial charge in [-0.05, 0) is 37.3 Å². The van der Waals surface area contributed by atoms with Crippen molar-refractivity contribution in [2.75, 3.05) is 19.5 Å². The molecule has 0 unspecified atom stereocenters. The van der Waals surface area contributed by atoms with Crippen molar-refractivity contribution in [1.82, 2.24) is 14.8 Å². The van der Waals surface area contributed by atoms with Crippen molar-refractivity contribution in [1.29, 1.82) is 0 Å². The van der Waals surface area contributed by atoms with Crippen LogP contribution in [0.1, 0.15) is 15.2 Å². The van der Waals surface area contributed by atoms with E-state index in [-0.39, 0.29) is 5.91 Å². The lowest BCUT2D eigenvalue weighted by Gasteiger charge is -2.08. The molecule has 0 bridgehead atoms. The first-order chi connectivity index (χ1) is 14.6. The lowest BCUT2D eigenvalue weighted by Crippen LogP contribution is -2.10. The zero-order chi connectivity index (χ0) is 21.1. The van der Waals surface area contributed by atoms with Gasteiger partial charge in [0.25, 0.3) is 5.91 Å². The van der Waals surface area contributed by atoms with Crippen LogP contribution in [0.2, 0.25) is 0 Å². The molecule has 2 aromatic carbocycles. The molecular formula is C22H20N4O3S. The van der Waals surface area contributed by atoms with E-state index >= 15 is 0 Å². The fourth-order valence-corrected chi connectivity index (χ4v) is 3.86. The van der Waals surface area contributed by atoms with E-state index in [1.54, 1.807) is 25.1 Å². The molecule has 0 fully saturated rings. The van der Waals surface area contributed by atoms with E-state index in [1.165, 1.54) is 17.5 Å². The fourth-order valence-electron chi connectivity index (χ4n) is 3.03. The maximum Gasteiger partial charge on any atom is 0.260 e. The van der Waals surface area contributed by atoms with Gasteiger partial charge in [-0.15, -0.1) is 11.3 Å². The number of nitrogens with one attached hydrogen (secondary N) is 1. The summed E-state index contributed by atoms with van der Waals surface area (Å²) in [5, 5.41) is 7.66. The normalized spacial score (nSPS) is 10.6. The van der Waals surface area contributed by atoms with Gasteiger partial charge in [-0.3, -0.25) is 10.1 Å². The first-order valence-corrected chi connectivity index (χ1v) is 10.0. The molecule has 7 nitrogen and oxygen atoms in total. The van der Waals surface area contributed by atoms with Crippen molar-refractivity contribution >= 4 is 22.4 Å². The standard InChI is InChI=1S/C22H20N4O3S/c1-14-20(15-9-10-18(28-2)19(11-15)29-3)24-22(30-14)25-21(27)16-12-23-26(13-16)17-7-5-4-6-8-17/h4-13H,1-3H3,(H,24,25,27). The highest BCUT2D eigenvalue weighted by molar-refractivity contribution is 7.16. The Morgan fingerprint density at radius 3 is 2.57 bits per heavy atom. The highest BCUT2D eigenvalue weighted by Crippen LogP contribution is 2.36. The van der Waals surface area contributed by atoms with Crippen molar-refractivity contribution in [2.24, 2.45) is 0 Å². The van der Waals surface area contributed by atoms with Gasteiger partial charge in [-0.2, -0.15) is 5.10 Å². The summed E-state index contributed by atoms with van der Waals surface area (Å²) < 4.78 is 12.3. The van der Waals surface area contributed by atoms with E-state index in [9.17, 15) is 4.79 Å². The first kappa shape index (κ1) is 19.7. The molecule has 0 saturated heterocycles. The van der Waals surface area contributed by atoms with Crippen LogP contribution in [0.4, 0.5) is 5.13 Å². The van der Waals surface area contributed by atoms with Crippen molar-refractivity contribution in [3.8, 4) is 28.4 Å². The fraction of sp³-hybridized carbons (Fsp3) is 0.136. The lowest BCUT2D eigenvalue weighted by molar-refractivity contribution is 0.102. The van der Waals surface area contributed by atoms with Gasteiger partial charge >= 0.3 is 0 Å². The molecule has 1 amide bonds. The largest absolute Gasteiger partial charge is 0.493 e. The number of rotatable bonds is 6. The molecule has 4 rings (SSSR count). The Morgan fingerprint density at radius 2 is 1.83 bits per heavy atom. The number of aromatic nitrogens is 3. The van der Waals surface area contributed by atoms with Crippen molar-refractivity contribution in [3.05, 3.63) is 71.4 Å². The smallest absolute Gasteiger partial charge is 0.260 e. The minimum Gasteiger partial charge on any atom is -0.493 e. The topological polar surface area (TPSA) is 78.3 Å². The SMILES string of the molecule is COc1ccc(-c2nc(NC(=O)c3cnn(-c4ccccc4)c3)sc2C)cc1OC. The van der Waals surface area contributed by atoms with Gasteiger partial charge in [0.15, 0.2) is 16.6 Å². The molecule has 30 heavy (non-hydrogen) atoms. The third-order valence-corrected chi connectivity index (χ3v) is 5.43. The molecule has 0 spiro atoms. The number of carbonyl (C=O) groups excluding carboxylic acids is 1. The zero-order valence-corrected chi connectivity index (χ0v) is 17.6. The quantitative estimate of drug-likeness (QED) is 0.494. The number of nitrogens with zero attached hydrogens (tertiary/aromatic N) is 3. The second-order valence-electron chi connectivity index (χ2n) is 6.46. The molecule has 0 aliphatic heterocycles. The predicted octanol–water partition coefficient (Wildman–Crippen LogP) is 4.57. The minimum atomic E-state index is -0.259. The van der Waals surface area contributed by atoms with Gasteiger partial charge in [-0.25, -0.2) is 9.67 Å². The third kappa shape index (κ3) is 3.90. The number of methoxy groups -OCH3 is 2. The number of carbonyl (C=O) groups is 1. The number of anilines is 1. The number of para-hydroxylation sites is 1. The van der Waals surface area contributed by atoms with Crippen LogP contribution in [0.15, 0.2) is 60.9 Å². The predicted molar refractivity (Wildman–Crippen MR) is 117 cm³/mol. The van der Waals surface area contributed by atoms with Crippen LogP contribution in [0.5, 0.6) is 11.5 Å². The molecule has 0 saturated carbocycles. The maximum atomic E-state index is 12.7. The van der Waals surface area contributed by atoms with Crippen LogP contribution in [0.3, 0.4) is 0 Å². The Labute approximate surface area is 177 Å². The van der Waals surface area contributed by atoms with Gasteiger partial charge in [0.1, 0.15) is 0 Å². The summed E-state index contributed by atoms with van der Waals surface area (Å²) >= 11 is 1.42. The van der Waals surface area contributed by atoms with Crippen LogP contribution in [-0.4, -0.2) is 34.9 Å². The summed E-state index contributed by atoms with van der Waals surface area (Å²) in [7, 11) is 3.19.